The predicted octanol–water partition coefficient (Wildman–Crippen LogP) is 5.70. The topological polar surface area (TPSA) is 82.9 Å². The summed E-state index contributed by atoms with van der Waals surface area (Å²) >= 11 is 5.74. The van der Waals surface area contributed by atoms with E-state index in [0.29, 0.717) is 36.6 Å². The molecule has 0 radical (unpaired) electrons. The molecule has 2 heterocycles. The van der Waals surface area contributed by atoms with Gasteiger partial charge in [-0.1, -0.05) is 23.4 Å². The van der Waals surface area contributed by atoms with Crippen molar-refractivity contribution in [1.82, 2.24) is 9.88 Å². The van der Waals surface area contributed by atoms with Gasteiger partial charge in [-0.3, -0.25) is 14.7 Å². The molecule has 0 aliphatic carbocycles. The van der Waals surface area contributed by atoms with Crippen LogP contribution in [0.2, 0.25) is 5.02 Å². The van der Waals surface area contributed by atoms with E-state index in [2.05, 4.69) is 21.7 Å². The molecule has 8 heteroatoms. The third-order valence-electron chi connectivity index (χ3n) is 7.31. The number of hydrogen-bond donors (Lipinski definition) is 2. The molecular formula is C30H32ClFN2O4. The summed E-state index contributed by atoms with van der Waals surface area (Å²) < 4.78 is 19.0. The van der Waals surface area contributed by atoms with E-state index in [-0.39, 0.29) is 17.4 Å². The molecule has 1 fully saturated rings. The Balaban J connectivity index is 1.39. The Morgan fingerprint density at radius 1 is 1.24 bits per heavy atom. The fourth-order valence-electron chi connectivity index (χ4n) is 5.23. The minimum Gasteiger partial charge on any atom is -0.497 e. The molecular weight excluding hydrogens is 507 g/mol. The molecule has 1 saturated heterocycles. The number of ether oxygens (including phenoxy) is 1. The van der Waals surface area contributed by atoms with E-state index in [9.17, 15) is 19.4 Å². The molecule has 1 unspecified atom stereocenters. The van der Waals surface area contributed by atoms with Crippen molar-refractivity contribution in [1.29, 1.82) is 0 Å². The number of methoxy groups -OCH3 is 1. The van der Waals surface area contributed by atoms with E-state index >= 15 is 0 Å². The Hall–Kier alpha value is -3.18. The summed E-state index contributed by atoms with van der Waals surface area (Å²) in [7, 11) is 1.61. The van der Waals surface area contributed by atoms with Crippen molar-refractivity contribution in [2.75, 3.05) is 26.7 Å². The maximum Gasteiger partial charge on any atom is 0.303 e. The molecule has 0 spiro atoms. The number of hydrogen-bond acceptors (Lipinski definition) is 5. The van der Waals surface area contributed by atoms with Gasteiger partial charge in [0, 0.05) is 30.1 Å². The lowest BCUT2D eigenvalue weighted by molar-refractivity contribution is -0.137. The number of carboxylic acid groups (broad SMARTS) is 1. The van der Waals surface area contributed by atoms with Crippen molar-refractivity contribution in [2.24, 2.45) is 11.8 Å². The monoisotopic (exact) mass is 538 g/mol. The number of aromatic nitrogens is 1. The summed E-state index contributed by atoms with van der Waals surface area (Å²) in [6.07, 6.45) is 4.02. The third kappa shape index (κ3) is 7.22. The summed E-state index contributed by atoms with van der Waals surface area (Å²) in [4.78, 5) is 17.9. The molecule has 3 atom stereocenters. The van der Waals surface area contributed by atoms with Crippen LogP contribution in [0.4, 0.5) is 4.39 Å². The average Bonchev–Trinajstić information content (AvgIpc) is 2.92. The number of aliphatic hydroxyl groups is 1. The predicted molar refractivity (Wildman–Crippen MR) is 146 cm³/mol. The Labute approximate surface area is 227 Å². The van der Waals surface area contributed by atoms with E-state index in [4.69, 9.17) is 16.3 Å². The Morgan fingerprint density at radius 2 is 2.08 bits per heavy atom. The first kappa shape index (κ1) is 27.8. The molecule has 0 saturated carbocycles. The first-order chi connectivity index (χ1) is 18.3. The van der Waals surface area contributed by atoms with Crippen molar-refractivity contribution in [3.05, 3.63) is 70.6 Å². The van der Waals surface area contributed by atoms with Gasteiger partial charge in [-0.05, 0) is 92.1 Å². The normalized spacial score (nSPS) is 18.5. The number of likely N-dealkylation sites (tertiary alicyclic amines) is 1. The standard InChI is InChI=1S/C30H32ClFN2O4/c1-38-23-7-9-28-25(18-23)24(12-14-33-28)29(35)10-5-21-13-16-34(19-22(21)6-11-30(36)37)15-2-3-20-4-8-26(31)27(32)17-20/h4,7-9,12,14,17-18,21-22,29,35H,5-6,10-11,13,15-16,19H2,1H3,(H,36,37)/t21-,22+,29?/m1/s1. The van der Waals surface area contributed by atoms with Gasteiger partial charge in [-0.15, -0.1) is 0 Å². The molecule has 0 bridgehead atoms. The number of carboxylic acids is 1. The SMILES string of the molecule is COc1ccc2nccc(C(O)CC[C@@H]3CCN(CC#Cc4ccc(Cl)c(F)c4)C[C@@H]3CCC(=O)O)c2c1. The Bertz CT molecular complexity index is 1340. The average molecular weight is 539 g/mol. The molecule has 1 aromatic heterocycles. The highest BCUT2D eigenvalue weighted by atomic mass is 35.5. The highest BCUT2D eigenvalue weighted by Crippen LogP contribution is 2.35. The van der Waals surface area contributed by atoms with Crippen LogP contribution in [0.25, 0.3) is 10.9 Å². The quantitative estimate of drug-likeness (QED) is 0.340. The van der Waals surface area contributed by atoms with Crippen LogP contribution in [0.15, 0.2) is 48.7 Å². The first-order valence-electron chi connectivity index (χ1n) is 12.8. The van der Waals surface area contributed by atoms with E-state index in [1.54, 1.807) is 19.4 Å². The van der Waals surface area contributed by atoms with E-state index in [1.807, 2.05) is 24.3 Å². The number of rotatable bonds is 9. The minimum absolute atomic E-state index is 0.0702. The van der Waals surface area contributed by atoms with Crippen LogP contribution >= 0.6 is 11.6 Å². The van der Waals surface area contributed by atoms with Crippen LogP contribution < -0.4 is 4.74 Å². The number of fused-ring (bicyclic) bond motifs is 1. The van der Waals surface area contributed by atoms with Crippen molar-refractivity contribution >= 4 is 28.5 Å². The van der Waals surface area contributed by atoms with Crippen LogP contribution in [0.3, 0.4) is 0 Å². The zero-order valence-corrected chi connectivity index (χ0v) is 22.1. The van der Waals surface area contributed by atoms with Crippen molar-refractivity contribution in [3.8, 4) is 17.6 Å². The second-order valence-corrected chi connectivity index (χ2v) is 10.2. The highest BCUT2D eigenvalue weighted by Gasteiger charge is 2.30. The second kappa shape index (κ2) is 13.1. The lowest BCUT2D eigenvalue weighted by Crippen LogP contribution is -2.41. The van der Waals surface area contributed by atoms with E-state index in [1.165, 1.54) is 12.1 Å². The maximum absolute atomic E-state index is 13.7. The van der Waals surface area contributed by atoms with E-state index < -0.39 is 17.9 Å². The molecule has 0 amide bonds. The number of aliphatic hydroxyl groups excluding tert-OH is 1. The number of piperidine rings is 1. The number of pyridine rings is 1. The van der Waals surface area contributed by atoms with Crippen LogP contribution in [-0.2, 0) is 4.79 Å². The number of halogens is 2. The van der Waals surface area contributed by atoms with Gasteiger partial charge in [-0.25, -0.2) is 4.39 Å². The van der Waals surface area contributed by atoms with Crippen molar-refractivity contribution < 1.29 is 24.1 Å². The van der Waals surface area contributed by atoms with Gasteiger partial charge in [0.15, 0.2) is 0 Å². The van der Waals surface area contributed by atoms with Crippen LogP contribution in [0, 0.1) is 29.5 Å². The van der Waals surface area contributed by atoms with Crippen LogP contribution in [0.5, 0.6) is 5.75 Å². The molecule has 6 nitrogen and oxygen atoms in total. The molecule has 1 aliphatic heterocycles. The smallest absolute Gasteiger partial charge is 0.303 e. The summed E-state index contributed by atoms with van der Waals surface area (Å²) in [5.41, 5.74) is 2.19. The lowest BCUT2D eigenvalue weighted by Gasteiger charge is -2.38. The minimum atomic E-state index is -0.803. The molecule has 2 N–H and O–H groups in total. The van der Waals surface area contributed by atoms with E-state index in [0.717, 1.165) is 42.4 Å². The summed E-state index contributed by atoms with van der Waals surface area (Å²) in [5.74, 6) is 6.01. The molecule has 2 aromatic carbocycles. The molecule has 4 rings (SSSR count). The van der Waals surface area contributed by atoms with Gasteiger partial charge < -0.3 is 14.9 Å². The Kier molecular flexibility index (Phi) is 9.57. The van der Waals surface area contributed by atoms with Gasteiger partial charge >= 0.3 is 5.97 Å². The molecule has 200 valence electrons. The number of nitrogens with zero attached hydrogens (tertiary/aromatic N) is 2. The lowest BCUT2D eigenvalue weighted by atomic mass is 9.79. The fraction of sp³-hybridized carbons (Fsp3) is 0.400. The van der Waals surface area contributed by atoms with Gasteiger partial charge in [0.2, 0.25) is 0 Å². The molecule has 3 aromatic rings. The zero-order valence-electron chi connectivity index (χ0n) is 21.4. The van der Waals surface area contributed by atoms with Crippen LogP contribution in [0.1, 0.15) is 49.3 Å². The summed E-state index contributed by atoms with van der Waals surface area (Å²) in [5, 5.41) is 21.3. The third-order valence-corrected chi connectivity index (χ3v) is 7.62. The maximum atomic E-state index is 13.7. The molecule has 1 aliphatic rings. The zero-order chi connectivity index (χ0) is 27.1. The number of carbonyl (C=O) groups is 1. The second-order valence-electron chi connectivity index (χ2n) is 9.78. The molecule has 38 heavy (non-hydrogen) atoms. The first-order valence-corrected chi connectivity index (χ1v) is 13.2. The van der Waals surface area contributed by atoms with Gasteiger partial charge in [0.25, 0.3) is 0 Å². The van der Waals surface area contributed by atoms with Crippen molar-refractivity contribution in [3.63, 3.8) is 0 Å². The largest absolute Gasteiger partial charge is 0.497 e. The number of benzene rings is 2. The van der Waals surface area contributed by atoms with Gasteiger partial charge in [0.1, 0.15) is 11.6 Å². The fourth-order valence-corrected chi connectivity index (χ4v) is 5.35. The van der Waals surface area contributed by atoms with Gasteiger partial charge in [-0.2, -0.15) is 0 Å². The number of aliphatic carboxylic acids is 1. The van der Waals surface area contributed by atoms with Crippen LogP contribution in [-0.4, -0.2) is 52.8 Å². The Morgan fingerprint density at radius 3 is 2.84 bits per heavy atom. The highest BCUT2D eigenvalue weighted by molar-refractivity contribution is 6.30. The van der Waals surface area contributed by atoms with Gasteiger partial charge in [0.05, 0.1) is 30.3 Å². The van der Waals surface area contributed by atoms with Crippen molar-refractivity contribution in [2.45, 2.75) is 38.2 Å². The summed E-state index contributed by atoms with van der Waals surface area (Å²) in [6.45, 7) is 2.10. The summed E-state index contributed by atoms with van der Waals surface area (Å²) in [6, 6.07) is 12.0.